The van der Waals surface area contributed by atoms with Crippen molar-refractivity contribution in [2.75, 3.05) is 0 Å². The van der Waals surface area contributed by atoms with E-state index in [1.54, 1.807) is 6.07 Å². The van der Waals surface area contributed by atoms with Gasteiger partial charge in [0.15, 0.2) is 0 Å². The SMILES string of the molecule is Fc1ccccc1COc1ccccc1C(F)(F)F. The smallest absolute Gasteiger partial charge is 0.419 e. The molecular formula is C14H10F4O. The zero-order valence-corrected chi connectivity index (χ0v) is 9.75. The maximum Gasteiger partial charge on any atom is 0.419 e. The highest BCUT2D eigenvalue weighted by Crippen LogP contribution is 2.36. The fourth-order valence-corrected chi connectivity index (χ4v) is 1.60. The predicted octanol–water partition coefficient (Wildman–Crippen LogP) is 4.42. The molecule has 0 atom stereocenters. The summed E-state index contributed by atoms with van der Waals surface area (Å²) in [5, 5.41) is 0. The number of alkyl halides is 3. The van der Waals surface area contributed by atoms with Gasteiger partial charge in [0.05, 0.1) is 5.56 Å². The third-order valence-electron chi connectivity index (χ3n) is 2.53. The van der Waals surface area contributed by atoms with Crippen LogP contribution in [0.4, 0.5) is 17.6 Å². The van der Waals surface area contributed by atoms with Gasteiger partial charge in [-0.3, -0.25) is 0 Å². The van der Waals surface area contributed by atoms with E-state index >= 15 is 0 Å². The summed E-state index contributed by atoms with van der Waals surface area (Å²) in [7, 11) is 0. The Labute approximate surface area is 107 Å². The van der Waals surface area contributed by atoms with Gasteiger partial charge in [0.25, 0.3) is 0 Å². The highest BCUT2D eigenvalue weighted by molar-refractivity contribution is 5.35. The Morgan fingerprint density at radius 2 is 1.53 bits per heavy atom. The highest BCUT2D eigenvalue weighted by atomic mass is 19.4. The molecule has 0 heterocycles. The lowest BCUT2D eigenvalue weighted by Crippen LogP contribution is -2.09. The normalized spacial score (nSPS) is 11.4. The second-order valence-corrected chi connectivity index (χ2v) is 3.87. The molecule has 100 valence electrons. The first-order valence-corrected chi connectivity index (χ1v) is 5.51. The van der Waals surface area contributed by atoms with Crippen molar-refractivity contribution >= 4 is 0 Å². The molecule has 1 nitrogen and oxygen atoms in total. The molecule has 5 heteroatoms. The van der Waals surface area contributed by atoms with Gasteiger partial charge in [-0.1, -0.05) is 30.3 Å². The Bertz CT molecular complexity index is 563. The van der Waals surface area contributed by atoms with Gasteiger partial charge >= 0.3 is 6.18 Å². The maximum absolute atomic E-state index is 13.3. The fourth-order valence-electron chi connectivity index (χ4n) is 1.60. The number of benzene rings is 2. The average molecular weight is 270 g/mol. The zero-order chi connectivity index (χ0) is 13.9. The van der Waals surface area contributed by atoms with E-state index in [1.807, 2.05) is 0 Å². The summed E-state index contributed by atoms with van der Waals surface area (Å²) in [5.74, 6) is -0.815. The van der Waals surface area contributed by atoms with Crippen LogP contribution in [0.2, 0.25) is 0 Å². The molecule has 0 aliphatic rings. The number of rotatable bonds is 3. The van der Waals surface area contributed by atoms with Crippen LogP contribution in [0.25, 0.3) is 0 Å². The quantitative estimate of drug-likeness (QED) is 0.750. The number of halogens is 4. The zero-order valence-electron chi connectivity index (χ0n) is 9.75. The van der Waals surface area contributed by atoms with E-state index in [-0.39, 0.29) is 17.9 Å². The lowest BCUT2D eigenvalue weighted by molar-refractivity contribution is -0.139. The predicted molar refractivity (Wildman–Crippen MR) is 62.2 cm³/mol. The van der Waals surface area contributed by atoms with Gasteiger partial charge in [-0.05, 0) is 18.2 Å². The minimum atomic E-state index is -4.49. The van der Waals surface area contributed by atoms with E-state index < -0.39 is 17.6 Å². The van der Waals surface area contributed by atoms with Crippen molar-refractivity contribution in [3.8, 4) is 5.75 Å². The molecule has 0 saturated heterocycles. The lowest BCUT2D eigenvalue weighted by atomic mass is 10.2. The van der Waals surface area contributed by atoms with Crippen LogP contribution in [0, 0.1) is 5.82 Å². The van der Waals surface area contributed by atoms with Gasteiger partial charge in [-0.25, -0.2) is 4.39 Å². The Kier molecular flexibility index (Phi) is 3.74. The maximum atomic E-state index is 13.3. The van der Waals surface area contributed by atoms with Crippen LogP contribution in [-0.2, 0) is 12.8 Å². The minimum absolute atomic E-state index is 0.208. The molecule has 0 bridgehead atoms. The molecule has 0 N–H and O–H groups in total. The first-order chi connectivity index (χ1) is 8.98. The van der Waals surface area contributed by atoms with E-state index in [1.165, 1.54) is 36.4 Å². The van der Waals surface area contributed by atoms with Gasteiger partial charge < -0.3 is 4.74 Å². The van der Waals surface area contributed by atoms with Crippen LogP contribution < -0.4 is 4.74 Å². The van der Waals surface area contributed by atoms with Crippen molar-refractivity contribution in [2.24, 2.45) is 0 Å². The van der Waals surface area contributed by atoms with Crippen LogP contribution >= 0.6 is 0 Å². The van der Waals surface area contributed by atoms with Crippen molar-refractivity contribution in [3.63, 3.8) is 0 Å². The molecule has 2 aromatic carbocycles. The molecular weight excluding hydrogens is 260 g/mol. The van der Waals surface area contributed by atoms with Crippen LogP contribution in [-0.4, -0.2) is 0 Å². The topological polar surface area (TPSA) is 9.23 Å². The standard InChI is InChI=1S/C14H10F4O/c15-12-7-3-1-5-10(12)9-19-13-8-4-2-6-11(13)14(16,17)18/h1-8H,9H2. The van der Waals surface area contributed by atoms with Gasteiger partial charge in [-0.2, -0.15) is 13.2 Å². The molecule has 0 saturated carbocycles. The molecule has 2 aromatic rings. The summed E-state index contributed by atoms with van der Waals surface area (Å²) >= 11 is 0. The summed E-state index contributed by atoms with van der Waals surface area (Å²) in [6.07, 6.45) is -4.49. The molecule has 0 unspecified atom stereocenters. The van der Waals surface area contributed by atoms with E-state index in [2.05, 4.69) is 0 Å². The third kappa shape index (κ3) is 3.24. The molecule has 0 aromatic heterocycles. The first-order valence-electron chi connectivity index (χ1n) is 5.51. The van der Waals surface area contributed by atoms with Crippen molar-refractivity contribution in [2.45, 2.75) is 12.8 Å². The second-order valence-electron chi connectivity index (χ2n) is 3.87. The van der Waals surface area contributed by atoms with E-state index in [9.17, 15) is 17.6 Å². The Morgan fingerprint density at radius 3 is 2.21 bits per heavy atom. The summed E-state index contributed by atoms with van der Waals surface area (Å²) in [5.41, 5.74) is -0.661. The summed E-state index contributed by atoms with van der Waals surface area (Å²) < 4.78 is 56.5. The van der Waals surface area contributed by atoms with E-state index in [0.717, 1.165) is 6.07 Å². The molecule has 0 aliphatic heterocycles. The Morgan fingerprint density at radius 1 is 0.895 bits per heavy atom. The number of para-hydroxylation sites is 1. The van der Waals surface area contributed by atoms with Crippen LogP contribution in [0.3, 0.4) is 0 Å². The fraction of sp³-hybridized carbons (Fsp3) is 0.143. The van der Waals surface area contributed by atoms with Crippen LogP contribution in [0.15, 0.2) is 48.5 Å². The van der Waals surface area contributed by atoms with E-state index in [0.29, 0.717) is 0 Å². The van der Waals surface area contributed by atoms with E-state index in [4.69, 9.17) is 4.74 Å². The monoisotopic (exact) mass is 270 g/mol. The molecule has 0 aliphatic carbocycles. The average Bonchev–Trinajstić information content (AvgIpc) is 2.37. The van der Waals surface area contributed by atoms with Gasteiger partial charge in [0.2, 0.25) is 0 Å². The van der Waals surface area contributed by atoms with Gasteiger partial charge in [0, 0.05) is 5.56 Å². The summed E-state index contributed by atoms with van der Waals surface area (Å²) in [6, 6.07) is 10.6. The Hall–Kier alpha value is -2.04. The summed E-state index contributed by atoms with van der Waals surface area (Å²) in [6.45, 7) is -0.250. The number of ether oxygens (including phenoxy) is 1. The highest BCUT2D eigenvalue weighted by Gasteiger charge is 2.34. The minimum Gasteiger partial charge on any atom is -0.488 e. The molecule has 0 radical (unpaired) electrons. The molecule has 0 fully saturated rings. The molecule has 19 heavy (non-hydrogen) atoms. The van der Waals surface area contributed by atoms with Gasteiger partial charge in [-0.15, -0.1) is 0 Å². The van der Waals surface area contributed by atoms with Crippen LogP contribution in [0.5, 0.6) is 5.75 Å². The largest absolute Gasteiger partial charge is 0.488 e. The van der Waals surface area contributed by atoms with Crippen molar-refractivity contribution in [1.29, 1.82) is 0 Å². The first kappa shape index (κ1) is 13.4. The van der Waals surface area contributed by atoms with Crippen molar-refractivity contribution in [1.82, 2.24) is 0 Å². The Balaban J connectivity index is 2.19. The second kappa shape index (κ2) is 5.30. The lowest BCUT2D eigenvalue weighted by Gasteiger charge is -2.13. The molecule has 0 amide bonds. The van der Waals surface area contributed by atoms with Crippen LogP contribution in [0.1, 0.15) is 11.1 Å². The van der Waals surface area contributed by atoms with Crippen molar-refractivity contribution in [3.05, 3.63) is 65.5 Å². The molecule has 0 spiro atoms. The van der Waals surface area contributed by atoms with Crippen molar-refractivity contribution < 1.29 is 22.3 Å². The number of hydrogen-bond acceptors (Lipinski definition) is 1. The third-order valence-corrected chi connectivity index (χ3v) is 2.53. The molecule has 2 rings (SSSR count). The number of hydrogen-bond donors (Lipinski definition) is 0. The van der Waals surface area contributed by atoms with Gasteiger partial charge in [0.1, 0.15) is 18.2 Å². The summed E-state index contributed by atoms with van der Waals surface area (Å²) in [4.78, 5) is 0.